The Hall–Kier alpha value is -1.84. The third kappa shape index (κ3) is 2.94. The van der Waals surface area contributed by atoms with Gasteiger partial charge in [-0.15, -0.1) is 0 Å². The highest BCUT2D eigenvalue weighted by Crippen LogP contribution is 2.28. The predicted molar refractivity (Wildman–Crippen MR) is 88.7 cm³/mol. The molecule has 0 amide bonds. The summed E-state index contributed by atoms with van der Waals surface area (Å²) in [4.78, 5) is 3.44. The van der Waals surface area contributed by atoms with Gasteiger partial charge in [-0.1, -0.05) is 44.2 Å². The highest BCUT2D eigenvalue weighted by atomic mass is 16.3. The molecule has 3 rings (SSSR count). The van der Waals surface area contributed by atoms with E-state index in [0.717, 1.165) is 11.0 Å². The van der Waals surface area contributed by atoms with E-state index in [9.17, 15) is 5.11 Å². The Morgan fingerprint density at radius 2 is 1.81 bits per heavy atom. The summed E-state index contributed by atoms with van der Waals surface area (Å²) in [5.41, 5.74) is 3.48. The quantitative estimate of drug-likeness (QED) is 0.673. The Morgan fingerprint density at radius 3 is 2.62 bits per heavy atom. The maximum absolute atomic E-state index is 10.2. The highest BCUT2D eigenvalue weighted by Gasteiger charge is 2.12. The molecule has 1 aromatic heterocycles. The van der Waals surface area contributed by atoms with E-state index in [1.807, 2.05) is 6.07 Å². The van der Waals surface area contributed by atoms with Crippen LogP contribution >= 0.6 is 0 Å². The van der Waals surface area contributed by atoms with Crippen LogP contribution in [0.15, 0.2) is 42.5 Å². The molecule has 2 aromatic carbocycles. The lowest BCUT2D eigenvalue weighted by molar-refractivity contribution is 0.169. The first kappa shape index (κ1) is 14.1. The van der Waals surface area contributed by atoms with Gasteiger partial charge in [0.05, 0.1) is 6.10 Å². The lowest BCUT2D eigenvalue weighted by Crippen LogP contribution is -2.33. The van der Waals surface area contributed by atoms with Crippen molar-refractivity contribution in [3.05, 3.63) is 48.0 Å². The second-order valence-corrected chi connectivity index (χ2v) is 5.93. The molecule has 110 valence electrons. The average molecular weight is 282 g/mol. The molecule has 0 aliphatic rings. The normalized spacial score (nSPS) is 13.3. The van der Waals surface area contributed by atoms with Crippen molar-refractivity contribution in [3.8, 4) is 0 Å². The third-order valence-corrected chi connectivity index (χ3v) is 3.83. The molecule has 0 radical (unpaired) electrons. The number of rotatable bonds is 5. The lowest BCUT2D eigenvalue weighted by Gasteiger charge is -2.14. The molecule has 0 aliphatic carbocycles. The molecule has 0 saturated heterocycles. The largest absolute Gasteiger partial charge is 0.391 e. The van der Waals surface area contributed by atoms with Crippen LogP contribution in [0.5, 0.6) is 0 Å². The SMILES string of the molecule is CC(C)NC[C@H](O)Cc1cccc2[nH]c3ccccc3c12. The van der Waals surface area contributed by atoms with Crippen molar-refractivity contribution in [2.45, 2.75) is 32.4 Å². The number of aliphatic hydroxyl groups is 1. The molecule has 3 nitrogen and oxygen atoms in total. The Balaban J connectivity index is 1.95. The first-order chi connectivity index (χ1) is 10.1. The van der Waals surface area contributed by atoms with Gasteiger partial charge in [-0.05, 0) is 17.7 Å². The van der Waals surface area contributed by atoms with Gasteiger partial charge < -0.3 is 15.4 Å². The number of hydrogen-bond acceptors (Lipinski definition) is 2. The van der Waals surface area contributed by atoms with Crippen molar-refractivity contribution in [1.29, 1.82) is 0 Å². The summed E-state index contributed by atoms with van der Waals surface area (Å²) in [5.74, 6) is 0. The van der Waals surface area contributed by atoms with Crippen LogP contribution in [0.25, 0.3) is 21.8 Å². The van der Waals surface area contributed by atoms with Gasteiger partial charge in [0.1, 0.15) is 0 Å². The smallest absolute Gasteiger partial charge is 0.0705 e. The Bertz CT molecular complexity index is 745. The Morgan fingerprint density at radius 1 is 1.05 bits per heavy atom. The zero-order chi connectivity index (χ0) is 14.8. The molecule has 0 unspecified atom stereocenters. The molecule has 1 heterocycles. The van der Waals surface area contributed by atoms with Crippen LogP contribution in [-0.4, -0.2) is 28.8 Å². The van der Waals surface area contributed by atoms with Crippen LogP contribution < -0.4 is 5.32 Å². The van der Waals surface area contributed by atoms with E-state index in [4.69, 9.17) is 0 Å². The third-order valence-electron chi connectivity index (χ3n) is 3.83. The Kier molecular flexibility index (Phi) is 3.95. The van der Waals surface area contributed by atoms with Gasteiger partial charge in [-0.2, -0.15) is 0 Å². The number of fused-ring (bicyclic) bond motifs is 3. The number of para-hydroxylation sites is 1. The number of H-pyrrole nitrogens is 1. The van der Waals surface area contributed by atoms with Crippen molar-refractivity contribution in [3.63, 3.8) is 0 Å². The van der Waals surface area contributed by atoms with Gasteiger partial charge >= 0.3 is 0 Å². The minimum atomic E-state index is -0.369. The monoisotopic (exact) mass is 282 g/mol. The van der Waals surface area contributed by atoms with E-state index in [1.54, 1.807) is 0 Å². The number of benzene rings is 2. The van der Waals surface area contributed by atoms with Gasteiger partial charge in [0.15, 0.2) is 0 Å². The minimum absolute atomic E-state index is 0.369. The fourth-order valence-corrected chi connectivity index (χ4v) is 2.85. The summed E-state index contributed by atoms with van der Waals surface area (Å²) in [6.45, 7) is 4.80. The first-order valence-corrected chi connectivity index (χ1v) is 7.55. The number of hydrogen-bond donors (Lipinski definition) is 3. The molecular formula is C18H22N2O. The zero-order valence-corrected chi connectivity index (χ0v) is 12.6. The maximum atomic E-state index is 10.2. The van der Waals surface area contributed by atoms with Crippen LogP contribution in [0, 0.1) is 0 Å². The molecule has 0 saturated carbocycles. The van der Waals surface area contributed by atoms with Crippen molar-refractivity contribution in [2.75, 3.05) is 6.54 Å². The molecule has 0 fully saturated rings. The summed E-state index contributed by atoms with van der Waals surface area (Å²) < 4.78 is 0. The molecule has 0 aliphatic heterocycles. The first-order valence-electron chi connectivity index (χ1n) is 7.55. The second-order valence-electron chi connectivity index (χ2n) is 5.93. The maximum Gasteiger partial charge on any atom is 0.0705 e. The zero-order valence-electron chi connectivity index (χ0n) is 12.6. The second kappa shape index (κ2) is 5.88. The standard InChI is InChI=1S/C18H22N2O/c1-12(2)19-11-14(21)10-13-6-5-9-17-18(13)15-7-3-4-8-16(15)20-17/h3-9,12,14,19-21H,10-11H2,1-2H3/t14-/m1/s1. The molecule has 3 heteroatoms. The van der Waals surface area contributed by atoms with E-state index in [1.165, 1.54) is 16.3 Å². The number of aliphatic hydroxyl groups excluding tert-OH is 1. The van der Waals surface area contributed by atoms with Crippen molar-refractivity contribution >= 4 is 21.8 Å². The predicted octanol–water partition coefficient (Wildman–Crippen LogP) is 3.22. The lowest BCUT2D eigenvalue weighted by atomic mass is 10.0. The van der Waals surface area contributed by atoms with Crippen LogP contribution in [0.4, 0.5) is 0 Å². The van der Waals surface area contributed by atoms with E-state index in [-0.39, 0.29) is 6.10 Å². The summed E-state index contributed by atoms with van der Waals surface area (Å²) in [6.07, 6.45) is 0.297. The van der Waals surface area contributed by atoms with Crippen molar-refractivity contribution in [1.82, 2.24) is 10.3 Å². The molecule has 3 aromatic rings. The van der Waals surface area contributed by atoms with Crippen LogP contribution in [0.2, 0.25) is 0 Å². The van der Waals surface area contributed by atoms with Crippen molar-refractivity contribution < 1.29 is 5.11 Å². The minimum Gasteiger partial charge on any atom is -0.391 e. The van der Waals surface area contributed by atoms with Crippen LogP contribution in [0.1, 0.15) is 19.4 Å². The number of aromatic amines is 1. The van der Waals surface area contributed by atoms with Gasteiger partial charge in [-0.25, -0.2) is 0 Å². The fraction of sp³-hybridized carbons (Fsp3) is 0.333. The van der Waals surface area contributed by atoms with Gasteiger partial charge in [0.25, 0.3) is 0 Å². The average Bonchev–Trinajstić information content (AvgIpc) is 2.84. The fourth-order valence-electron chi connectivity index (χ4n) is 2.85. The van der Waals surface area contributed by atoms with E-state index in [2.05, 4.69) is 60.5 Å². The molecule has 21 heavy (non-hydrogen) atoms. The van der Waals surface area contributed by atoms with Crippen LogP contribution in [0.3, 0.4) is 0 Å². The van der Waals surface area contributed by atoms with Gasteiger partial charge in [0, 0.05) is 40.8 Å². The molecular weight excluding hydrogens is 260 g/mol. The van der Waals surface area contributed by atoms with Gasteiger partial charge in [0.2, 0.25) is 0 Å². The molecule has 3 N–H and O–H groups in total. The van der Waals surface area contributed by atoms with Gasteiger partial charge in [-0.3, -0.25) is 0 Å². The van der Waals surface area contributed by atoms with Crippen LogP contribution in [-0.2, 0) is 6.42 Å². The Labute approximate surface area is 125 Å². The van der Waals surface area contributed by atoms with E-state index >= 15 is 0 Å². The highest BCUT2D eigenvalue weighted by molar-refractivity contribution is 6.08. The van der Waals surface area contributed by atoms with E-state index < -0.39 is 0 Å². The summed E-state index contributed by atoms with van der Waals surface area (Å²) in [5, 5.41) is 16.0. The molecule has 0 spiro atoms. The van der Waals surface area contributed by atoms with E-state index in [0.29, 0.717) is 19.0 Å². The number of nitrogens with one attached hydrogen (secondary N) is 2. The number of aromatic nitrogens is 1. The summed E-state index contributed by atoms with van der Waals surface area (Å²) in [7, 11) is 0. The topological polar surface area (TPSA) is 48.0 Å². The summed E-state index contributed by atoms with van der Waals surface area (Å²) >= 11 is 0. The molecule has 0 bridgehead atoms. The molecule has 1 atom stereocenters. The van der Waals surface area contributed by atoms with Crippen molar-refractivity contribution in [2.24, 2.45) is 0 Å². The summed E-state index contributed by atoms with van der Waals surface area (Å²) in [6, 6.07) is 15.0.